The van der Waals surface area contributed by atoms with Crippen molar-refractivity contribution in [3.8, 4) is 0 Å². The molecule has 1 aromatic carbocycles. The van der Waals surface area contributed by atoms with Crippen molar-refractivity contribution < 1.29 is 0 Å². The van der Waals surface area contributed by atoms with Crippen LogP contribution in [-0.4, -0.2) is 30.8 Å². The van der Waals surface area contributed by atoms with Crippen LogP contribution in [0.2, 0.25) is 0 Å². The molecule has 0 saturated carbocycles. The predicted octanol–water partition coefficient (Wildman–Crippen LogP) is 2.75. The van der Waals surface area contributed by atoms with E-state index in [-0.39, 0.29) is 0 Å². The fraction of sp³-hybridized carbons (Fsp3) is 0.571. The minimum atomic E-state index is 0.529. The molecule has 1 heterocycles. The van der Waals surface area contributed by atoms with Gasteiger partial charge in [-0.25, -0.2) is 0 Å². The summed E-state index contributed by atoms with van der Waals surface area (Å²) in [6.07, 6.45) is 3.35. The Morgan fingerprint density at radius 2 is 2.06 bits per heavy atom. The Hall–Kier alpha value is -0.510. The number of nitrogens with two attached hydrogens (primary N) is 1. The highest BCUT2D eigenvalue weighted by atomic mass is 32.2. The molecule has 0 amide bonds. The summed E-state index contributed by atoms with van der Waals surface area (Å²) in [6, 6.07) is 9.51. The van der Waals surface area contributed by atoms with Crippen LogP contribution in [0, 0.1) is 5.92 Å². The number of benzene rings is 1. The van der Waals surface area contributed by atoms with Gasteiger partial charge < -0.3 is 5.73 Å². The van der Waals surface area contributed by atoms with Crippen LogP contribution in [0.3, 0.4) is 0 Å². The quantitative estimate of drug-likeness (QED) is 0.833. The number of nitrogens with zero attached hydrogens (tertiary/aromatic N) is 1. The van der Waals surface area contributed by atoms with E-state index in [1.165, 1.54) is 23.4 Å². The molecule has 1 fully saturated rings. The molecule has 0 spiro atoms. The summed E-state index contributed by atoms with van der Waals surface area (Å²) in [4.78, 5) is 3.88. The van der Waals surface area contributed by atoms with Crippen LogP contribution in [0.25, 0.3) is 0 Å². The lowest BCUT2D eigenvalue weighted by molar-refractivity contribution is 0.242. The summed E-state index contributed by atoms with van der Waals surface area (Å²) < 4.78 is 0. The van der Waals surface area contributed by atoms with Crippen molar-refractivity contribution in [2.45, 2.75) is 24.3 Å². The fourth-order valence-corrected chi connectivity index (χ4v) is 3.22. The molecular weight excluding hydrogens is 228 g/mol. The fourth-order valence-electron chi connectivity index (χ4n) is 2.81. The van der Waals surface area contributed by atoms with Crippen molar-refractivity contribution in [2.75, 3.05) is 25.9 Å². The maximum Gasteiger partial charge on any atom is 0.0388 e. The Bertz CT molecular complexity index is 338. The van der Waals surface area contributed by atoms with E-state index in [1.807, 2.05) is 0 Å². The maximum absolute atomic E-state index is 5.90. The zero-order valence-electron chi connectivity index (χ0n) is 10.7. The summed E-state index contributed by atoms with van der Waals surface area (Å²) in [5, 5.41) is 0. The smallest absolute Gasteiger partial charge is 0.0388 e. The molecule has 3 heteroatoms. The third kappa shape index (κ3) is 2.67. The number of hydrogen-bond donors (Lipinski definition) is 1. The van der Waals surface area contributed by atoms with Crippen molar-refractivity contribution >= 4 is 11.8 Å². The largest absolute Gasteiger partial charge is 0.330 e. The molecule has 94 valence electrons. The van der Waals surface area contributed by atoms with Gasteiger partial charge in [0.05, 0.1) is 0 Å². The number of thioether (sulfide) groups is 1. The van der Waals surface area contributed by atoms with Crippen LogP contribution < -0.4 is 5.73 Å². The Morgan fingerprint density at radius 3 is 2.59 bits per heavy atom. The summed E-state index contributed by atoms with van der Waals surface area (Å²) in [7, 11) is 0. The van der Waals surface area contributed by atoms with Crippen LogP contribution in [0.1, 0.15) is 24.9 Å². The highest BCUT2D eigenvalue weighted by molar-refractivity contribution is 7.98. The van der Waals surface area contributed by atoms with Gasteiger partial charge in [-0.05, 0) is 55.9 Å². The molecule has 1 saturated heterocycles. The molecule has 2 unspecified atom stereocenters. The van der Waals surface area contributed by atoms with Gasteiger partial charge in [0.1, 0.15) is 0 Å². The molecule has 0 aliphatic carbocycles. The zero-order chi connectivity index (χ0) is 12.3. The third-order valence-corrected chi connectivity index (χ3v) is 4.54. The lowest BCUT2D eigenvalue weighted by Gasteiger charge is -2.27. The van der Waals surface area contributed by atoms with Gasteiger partial charge in [0.2, 0.25) is 0 Å². The van der Waals surface area contributed by atoms with Gasteiger partial charge in [-0.1, -0.05) is 19.1 Å². The lowest BCUT2D eigenvalue weighted by Crippen LogP contribution is -2.28. The molecule has 2 atom stereocenters. The van der Waals surface area contributed by atoms with E-state index in [2.05, 4.69) is 42.3 Å². The summed E-state index contributed by atoms with van der Waals surface area (Å²) in [5.74, 6) is 0.620. The molecule has 2 N–H and O–H groups in total. The predicted molar refractivity (Wildman–Crippen MR) is 75.4 cm³/mol. The normalized spacial score (nSPS) is 25.4. The topological polar surface area (TPSA) is 29.3 Å². The monoisotopic (exact) mass is 250 g/mol. The molecule has 1 aliphatic heterocycles. The van der Waals surface area contributed by atoms with Gasteiger partial charge >= 0.3 is 0 Å². The first-order chi connectivity index (χ1) is 8.30. The standard InChI is InChI=1S/C14H22N2S/c1-3-16-9-8-12(10-15)14(16)11-4-6-13(17-2)7-5-11/h4-7,12,14H,3,8-10,15H2,1-2H3. The van der Waals surface area contributed by atoms with Gasteiger partial charge in [0.15, 0.2) is 0 Å². The van der Waals surface area contributed by atoms with Gasteiger partial charge in [-0.3, -0.25) is 4.90 Å². The van der Waals surface area contributed by atoms with Crippen LogP contribution in [0.15, 0.2) is 29.2 Å². The van der Waals surface area contributed by atoms with Crippen molar-refractivity contribution in [3.05, 3.63) is 29.8 Å². The van der Waals surface area contributed by atoms with E-state index in [0.29, 0.717) is 12.0 Å². The second-order valence-electron chi connectivity index (χ2n) is 4.63. The highest BCUT2D eigenvalue weighted by Gasteiger charge is 2.33. The summed E-state index contributed by atoms with van der Waals surface area (Å²) >= 11 is 1.79. The third-order valence-electron chi connectivity index (χ3n) is 3.79. The summed E-state index contributed by atoms with van der Waals surface area (Å²) in [6.45, 7) is 5.34. The minimum absolute atomic E-state index is 0.529. The first-order valence-corrected chi connectivity index (χ1v) is 7.60. The second-order valence-corrected chi connectivity index (χ2v) is 5.51. The van der Waals surface area contributed by atoms with E-state index in [9.17, 15) is 0 Å². The van der Waals surface area contributed by atoms with Crippen LogP contribution in [0.5, 0.6) is 0 Å². The van der Waals surface area contributed by atoms with Crippen molar-refractivity contribution in [2.24, 2.45) is 11.7 Å². The van der Waals surface area contributed by atoms with E-state index in [0.717, 1.165) is 13.1 Å². The molecule has 0 aromatic heterocycles. The van der Waals surface area contributed by atoms with Crippen molar-refractivity contribution in [3.63, 3.8) is 0 Å². The second kappa shape index (κ2) is 5.89. The minimum Gasteiger partial charge on any atom is -0.330 e. The average Bonchev–Trinajstić information content (AvgIpc) is 2.81. The summed E-state index contributed by atoms with van der Waals surface area (Å²) in [5.41, 5.74) is 7.33. The Kier molecular flexibility index (Phi) is 4.48. The molecule has 2 nitrogen and oxygen atoms in total. The molecule has 1 aromatic rings. The number of rotatable bonds is 4. The van der Waals surface area contributed by atoms with E-state index < -0.39 is 0 Å². The van der Waals surface area contributed by atoms with Crippen LogP contribution >= 0.6 is 11.8 Å². The van der Waals surface area contributed by atoms with E-state index in [1.54, 1.807) is 11.8 Å². The molecule has 0 bridgehead atoms. The highest BCUT2D eigenvalue weighted by Crippen LogP contribution is 2.36. The Morgan fingerprint density at radius 1 is 1.35 bits per heavy atom. The Balaban J connectivity index is 2.22. The SMILES string of the molecule is CCN1CCC(CN)C1c1ccc(SC)cc1. The number of hydrogen-bond acceptors (Lipinski definition) is 3. The van der Waals surface area contributed by atoms with Crippen LogP contribution in [0.4, 0.5) is 0 Å². The first-order valence-electron chi connectivity index (χ1n) is 6.38. The molecule has 17 heavy (non-hydrogen) atoms. The van der Waals surface area contributed by atoms with Gasteiger partial charge in [0.25, 0.3) is 0 Å². The molecular formula is C14H22N2S. The molecule has 2 rings (SSSR count). The van der Waals surface area contributed by atoms with Crippen molar-refractivity contribution in [1.82, 2.24) is 4.90 Å². The van der Waals surface area contributed by atoms with Gasteiger partial charge in [0, 0.05) is 10.9 Å². The average molecular weight is 250 g/mol. The molecule has 1 aliphatic rings. The van der Waals surface area contributed by atoms with Crippen molar-refractivity contribution in [1.29, 1.82) is 0 Å². The number of likely N-dealkylation sites (tertiary alicyclic amines) is 1. The van der Waals surface area contributed by atoms with Gasteiger partial charge in [-0.15, -0.1) is 11.8 Å². The zero-order valence-corrected chi connectivity index (χ0v) is 11.5. The van der Waals surface area contributed by atoms with E-state index in [4.69, 9.17) is 5.73 Å². The van der Waals surface area contributed by atoms with Crippen LogP contribution in [-0.2, 0) is 0 Å². The van der Waals surface area contributed by atoms with Gasteiger partial charge in [-0.2, -0.15) is 0 Å². The molecule has 0 radical (unpaired) electrons. The lowest BCUT2D eigenvalue weighted by atomic mass is 9.94. The van der Waals surface area contributed by atoms with E-state index >= 15 is 0 Å². The maximum atomic E-state index is 5.90. The first kappa shape index (κ1) is 12.9. The Labute approximate surface area is 109 Å².